The van der Waals surface area contributed by atoms with Crippen molar-refractivity contribution >= 4 is 34.8 Å². The number of rotatable bonds is 5. The second-order valence-corrected chi connectivity index (χ2v) is 11.4. The third-order valence-corrected chi connectivity index (χ3v) is 7.28. The minimum atomic E-state index is -1.54. The molecule has 0 saturated carbocycles. The molecule has 2 N–H and O–H groups in total. The number of carbonyl (C=O) groups is 1. The summed E-state index contributed by atoms with van der Waals surface area (Å²) in [4.78, 5) is 13.7. The van der Waals surface area contributed by atoms with Crippen LogP contribution in [0.15, 0.2) is 66.7 Å². The summed E-state index contributed by atoms with van der Waals surface area (Å²) in [5, 5.41) is 17.1. The second-order valence-electron chi connectivity index (χ2n) is 10.6. The fourth-order valence-electron chi connectivity index (χ4n) is 5.27. The van der Waals surface area contributed by atoms with Crippen LogP contribution < -0.4 is 10.6 Å². The van der Waals surface area contributed by atoms with Crippen LogP contribution in [0, 0.1) is 28.4 Å². The molecule has 0 radical (unpaired) electrons. The van der Waals surface area contributed by atoms with Gasteiger partial charge in [-0.05, 0) is 53.8 Å². The Morgan fingerprint density at radius 3 is 2.35 bits per heavy atom. The normalized spacial score (nSPS) is 23.5. The molecule has 192 valence electrons. The van der Waals surface area contributed by atoms with E-state index >= 15 is 4.39 Å². The van der Waals surface area contributed by atoms with Crippen molar-refractivity contribution in [2.45, 2.75) is 50.6 Å². The van der Waals surface area contributed by atoms with E-state index in [-0.39, 0.29) is 21.0 Å². The van der Waals surface area contributed by atoms with Gasteiger partial charge in [0, 0.05) is 28.2 Å². The van der Waals surface area contributed by atoms with E-state index in [0.717, 1.165) is 6.07 Å². The number of nitrogens with zero attached hydrogens (tertiary/aromatic N) is 1. The lowest BCUT2D eigenvalue weighted by Gasteiger charge is -2.37. The third kappa shape index (κ3) is 5.36. The van der Waals surface area contributed by atoms with Crippen molar-refractivity contribution in [2.24, 2.45) is 5.41 Å². The molecule has 0 unspecified atom stereocenters. The molecule has 8 heteroatoms. The maximum Gasteiger partial charge on any atom is 0.242 e. The number of anilines is 1. The van der Waals surface area contributed by atoms with Gasteiger partial charge in [0.15, 0.2) is 0 Å². The standard InChI is InChI=1S/C29H27Cl2F2N3O/c1-28(2,3)15-24-29(16-34,20-11-10-18(30)14-23(20)33)25(17-9-12-22(32)21(31)13-17)26(36-24)27(37)35-19-7-5-4-6-8-19/h4-14,24-26,36H,15H2,1-3H3,(H,35,37)/t24-,25-,26+,29-/m0/s1. The molecule has 1 fully saturated rings. The minimum absolute atomic E-state index is 0.113. The van der Waals surface area contributed by atoms with Crippen molar-refractivity contribution in [3.05, 3.63) is 99.5 Å². The van der Waals surface area contributed by atoms with Gasteiger partial charge >= 0.3 is 0 Å². The molecule has 3 aromatic carbocycles. The van der Waals surface area contributed by atoms with E-state index in [9.17, 15) is 14.4 Å². The highest BCUT2D eigenvalue weighted by molar-refractivity contribution is 6.31. The van der Waals surface area contributed by atoms with Crippen LogP contribution in [0.1, 0.15) is 44.2 Å². The highest BCUT2D eigenvalue weighted by atomic mass is 35.5. The SMILES string of the molecule is CC(C)(C)C[C@@H]1N[C@@H](C(=O)Nc2ccccc2)[C@H](c2ccc(F)c(Cl)c2)[C@@]1(C#N)c1ccc(Cl)cc1F. The molecule has 1 heterocycles. The molecular weight excluding hydrogens is 515 g/mol. The lowest BCUT2D eigenvalue weighted by molar-refractivity contribution is -0.118. The molecule has 0 aliphatic carbocycles. The summed E-state index contributed by atoms with van der Waals surface area (Å²) < 4.78 is 29.8. The summed E-state index contributed by atoms with van der Waals surface area (Å²) in [6, 6.07) is 18.0. The zero-order valence-electron chi connectivity index (χ0n) is 20.7. The number of halogens is 4. The van der Waals surface area contributed by atoms with Crippen molar-refractivity contribution in [3.63, 3.8) is 0 Å². The molecule has 4 atom stereocenters. The van der Waals surface area contributed by atoms with Crippen molar-refractivity contribution in [1.82, 2.24) is 5.32 Å². The number of carbonyl (C=O) groups excluding carboxylic acids is 1. The highest BCUT2D eigenvalue weighted by Crippen LogP contribution is 2.52. The maximum absolute atomic E-state index is 15.6. The summed E-state index contributed by atoms with van der Waals surface area (Å²) >= 11 is 12.2. The quantitative estimate of drug-likeness (QED) is 0.358. The maximum atomic E-state index is 15.6. The molecule has 1 amide bonds. The summed E-state index contributed by atoms with van der Waals surface area (Å²) in [6.07, 6.45) is 0.448. The summed E-state index contributed by atoms with van der Waals surface area (Å²) in [5.41, 5.74) is -0.689. The Kier molecular flexibility index (Phi) is 7.62. The Labute approximate surface area is 225 Å². The molecule has 37 heavy (non-hydrogen) atoms. The van der Waals surface area contributed by atoms with Gasteiger partial charge in [0.2, 0.25) is 5.91 Å². The van der Waals surface area contributed by atoms with Crippen LogP contribution in [0.25, 0.3) is 0 Å². The van der Waals surface area contributed by atoms with Gasteiger partial charge in [-0.15, -0.1) is 0 Å². The molecule has 0 spiro atoms. The van der Waals surface area contributed by atoms with Gasteiger partial charge in [0.25, 0.3) is 0 Å². The van der Waals surface area contributed by atoms with Gasteiger partial charge < -0.3 is 10.6 Å². The van der Waals surface area contributed by atoms with Gasteiger partial charge in [-0.2, -0.15) is 5.26 Å². The van der Waals surface area contributed by atoms with E-state index in [0.29, 0.717) is 17.7 Å². The van der Waals surface area contributed by atoms with Crippen LogP contribution in [0.4, 0.5) is 14.5 Å². The van der Waals surface area contributed by atoms with Gasteiger partial charge in [-0.3, -0.25) is 4.79 Å². The van der Waals surface area contributed by atoms with Crippen LogP contribution in [0.5, 0.6) is 0 Å². The lowest BCUT2D eigenvalue weighted by atomic mass is 9.62. The number of hydrogen-bond donors (Lipinski definition) is 2. The predicted octanol–water partition coefficient (Wildman–Crippen LogP) is 7.23. The average molecular weight is 542 g/mol. The summed E-state index contributed by atoms with van der Waals surface area (Å²) in [6.45, 7) is 6.03. The van der Waals surface area contributed by atoms with E-state index in [1.165, 1.54) is 30.3 Å². The van der Waals surface area contributed by atoms with E-state index in [2.05, 4.69) is 16.7 Å². The first kappa shape index (κ1) is 27.1. The van der Waals surface area contributed by atoms with Gasteiger partial charge in [0.1, 0.15) is 17.0 Å². The summed E-state index contributed by atoms with van der Waals surface area (Å²) in [7, 11) is 0. The van der Waals surface area contributed by atoms with E-state index in [4.69, 9.17) is 23.2 Å². The molecule has 1 saturated heterocycles. The Balaban J connectivity index is 1.95. The van der Waals surface area contributed by atoms with Crippen LogP contribution >= 0.6 is 23.2 Å². The zero-order valence-corrected chi connectivity index (χ0v) is 22.2. The highest BCUT2D eigenvalue weighted by Gasteiger charge is 2.60. The van der Waals surface area contributed by atoms with Crippen LogP contribution in [-0.2, 0) is 10.2 Å². The molecule has 4 rings (SSSR count). The monoisotopic (exact) mass is 541 g/mol. The number of nitriles is 1. The van der Waals surface area contributed by atoms with Gasteiger partial charge in [0.05, 0.1) is 17.1 Å². The topological polar surface area (TPSA) is 64.9 Å². The molecule has 0 aromatic heterocycles. The van der Waals surface area contributed by atoms with Crippen molar-refractivity contribution < 1.29 is 13.6 Å². The first-order valence-electron chi connectivity index (χ1n) is 11.9. The summed E-state index contributed by atoms with van der Waals surface area (Å²) in [5.74, 6) is -2.59. The molecule has 1 aliphatic rings. The lowest BCUT2D eigenvalue weighted by Crippen LogP contribution is -2.44. The fourth-order valence-corrected chi connectivity index (χ4v) is 5.62. The van der Waals surface area contributed by atoms with Crippen LogP contribution in [-0.4, -0.2) is 18.0 Å². The largest absolute Gasteiger partial charge is 0.325 e. The van der Waals surface area contributed by atoms with E-state index < -0.39 is 41.0 Å². The minimum Gasteiger partial charge on any atom is -0.325 e. The number of nitrogens with one attached hydrogen (secondary N) is 2. The molecule has 0 bridgehead atoms. The smallest absolute Gasteiger partial charge is 0.242 e. The van der Waals surface area contributed by atoms with Crippen molar-refractivity contribution in [2.75, 3.05) is 5.32 Å². The van der Waals surface area contributed by atoms with Crippen molar-refractivity contribution in [1.29, 1.82) is 5.26 Å². The van der Waals surface area contributed by atoms with E-state index in [1.807, 2.05) is 26.8 Å². The van der Waals surface area contributed by atoms with Gasteiger partial charge in [-0.1, -0.05) is 74.3 Å². The number of benzene rings is 3. The van der Waals surface area contributed by atoms with E-state index in [1.54, 1.807) is 24.3 Å². The molecule has 1 aliphatic heterocycles. The average Bonchev–Trinajstić information content (AvgIpc) is 3.14. The van der Waals surface area contributed by atoms with Gasteiger partial charge in [-0.25, -0.2) is 8.78 Å². The Morgan fingerprint density at radius 1 is 1.05 bits per heavy atom. The first-order chi connectivity index (χ1) is 17.5. The van der Waals surface area contributed by atoms with Crippen molar-refractivity contribution in [3.8, 4) is 6.07 Å². The molecule has 4 nitrogen and oxygen atoms in total. The van der Waals surface area contributed by atoms with Crippen LogP contribution in [0.3, 0.4) is 0 Å². The second kappa shape index (κ2) is 10.4. The Morgan fingerprint density at radius 2 is 1.76 bits per heavy atom. The number of amides is 1. The molecular formula is C29H27Cl2F2N3O. The Bertz CT molecular complexity index is 1350. The number of para-hydroxylation sites is 1. The zero-order chi connectivity index (χ0) is 27.0. The number of hydrogen-bond acceptors (Lipinski definition) is 3. The van der Waals surface area contributed by atoms with Crippen LogP contribution in [0.2, 0.25) is 10.0 Å². The third-order valence-electron chi connectivity index (χ3n) is 6.76. The molecule has 3 aromatic rings. The Hall–Kier alpha value is -2.98. The fraction of sp³-hybridized carbons (Fsp3) is 0.310. The predicted molar refractivity (Wildman–Crippen MR) is 143 cm³/mol. The first-order valence-corrected chi connectivity index (χ1v) is 12.7.